The first-order valence-corrected chi connectivity index (χ1v) is 5.86. The third kappa shape index (κ3) is 3.29. The van der Waals surface area contributed by atoms with Crippen molar-refractivity contribution in [2.75, 3.05) is 11.9 Å². The fourth-order valence-corrected chi connectivity index (χ4v) is 1.92. The molecule has 0 spiro atoms. The first kappa shape index (κ1) is 11.6. The van der Waals surface area contributed by atoms with E-state index in [2.05, 4.69) is 37.6 Å². The van der Waals surface area contributed by atoms with Crippen LogP contribution < -0.4 is 5.32 Å². The molecule has 86 valence electrons. The first-order chi connectivity index (χ1) is 8.28. The van der Waals surface area contributed by atoms with Crippen molar-refractivity contribution in [3.63, 3.8) is 0 Å². The van der Waals surface area contributed by atoms with Crippen LogP contribution in [0.15, 0.2) is 35.1 Å². The summed E-state index contributed by atoms with van der Waals surface area (Å²) in [4.78, 5) is 0. The van der Waals surface area contributed by atoms with E-state index in [1.165, 1.54) is 0 Å². The summed E-state index contributed by atoms with van der Waals surface area (Å²) in [6.07, 6.45) is 3.45. The van der Waals surface area contributed by atoms with Gasteiger partial charge < -0.3 is 5.32 Å². The molecule has 0 aliphatic rings. The van der Waals surface area contributed by atoms with Crippen LogP contribution in [-0.4, -0.2) is 21.5 Å². The Morgan fingerprint density at radius 2 is 2.29 bits per heavy atom. The van der Waals surface area contributed by atoms with Crippen molar-refractivity contribution < 1.29 is 0 Å². The van der Waals surface area contributed by atoms with Crippen LogP contribution in [-0.2, 0) is 6.54 Å². The Morgan fingerprint density at radius 3 is 3.00 bits per heavy atom. The van der Waals surface area contributed by atoms with Gasteiger partial charge in [-0.05, 0) is 18.2 Å². The highest BCUT2D eigenvalue weighted by atomic mass is 79.9. The Balaban J connectivity index is 1.95. The smallest absolute Gasteiger partial charge is 0.0992 e. The number of anilines is 1. The minimum absolute atomic E-state index is 0.627. The van der Waals surface area contributed by atoms with Crippen LogP contribution in [0.4, 0.5) is 5.69 Å². The van der Waals surface area contributed by atoms with E-state index in [4.69, 9.17) is 5.26 Å². The molecule has 0 bridgehead atoms. The maximum atomic E-state index is 8.84. The van der Waals surface area contributed by atoms with Gasteiger partial charge in [0.05, 0.1) is 24.4 Å². The van der Waals surface area contributed by atoms with Gasteiger partial charge in [0, 0.05) is 22.9 Å². The highest BCUT2D eigenvalue weighted by molar-refractivity contribution is 9.10. The molecule has 17 heavy (non-hydrogen) atoms. The molecule has 0 saturated carbocycles. The second kappa shape index (κ2) is 5.46. The number of hydrogen-bond donors (Lipinski definition) is 1. The van der Waals surface area contributed by atoms with Gasteiger partial charge >= 0.3 is 0 Å². The molecule has 0 atom stereocenters. The number of aromatic nitrogens is 3. The lowest BCUT2D eigenvalue weighted by Crippen LogP contribution is -2.11. The lowest BCUT2D eigenvalue weighted by atomic mass is 10.2. The highest BCUT2D eigenvalue weighted by Crippen LogP contribution is 2.18. The maximum Gasteiger partial charge on any atom is 0.0992 e. The van der Waals surface area contributed by atoms with Crippen LogP contribution >= 0.6 is 15.9 Å². The summed E-state index contributed by atoms with van der Waals surface area (Å²) in [6, 6.07) is 7.64. The summed E-state index contributed by atoms with van der Waals surface area (Å²) in [5, 5.41) is 19.7. The fraction of sp³-hybridized carbons (Fsp3) is 0.182. The standard InChI is InChI=1S/C11H10BrN5/c12-10-5-9(8-13)6-11(7-10)14-1-3-17-4-2-15-16-17/h2,4-7,14H,1,3H2. The topological polar surface area (TPSA) is 66.5 Å². The molecule has 5 nitrogen and oxygen atoms in total. The van der Waals surface area contributed by atoms with Crippen molar-refractivity contribution in [2.24, 2.45) is 0 Å². The van der Waals surface area contributed by atoms with Gasteiger partial charge in [-0.1, -0.05) is 21.1 Å². The molecule has 1 aromatic heterocycles. The summed E-state index contributed by atoms with van der Waals surface area (Å²) in [5.41, 5.74) is 1.54. The fourth-order valence-electron chi connectivity index (χ4n) is 1.42. The van der Waals surface area contributed by atoms with Gasteiger partial charge in [-0.25, -0.2) is 0 Å². The third-order valence-corrected chi connectivity index (χ3v) is 2.63. The molecular weight excluding hydrogens is 282 g/mol. The second-order valence-corrected chi connectivity index (χ2v) is 4.35. The summed E-state index contributed by atoms with van der Waals surface area (Å²) in [5.74, 6) is 0. The molecule has 0 aliphatic heterocycles. The lowest BCUT2D eigenvalue weighted by molar-refractivity contribution is 0.609. The zero-order valence-electron chi connectivity index (χ0n) is 8.97. The van der Waals surface area contributed by atoms with E-state index in [9.17, 15) is 0 Å². The van der Waals surface area contributed by atoms with E-state index in [-0.39, 0.29) is 0 Å². The molecular formula is C11H10BrN5. The molecule has 2 aromatic rings. The van der Waals surface area contributed by atoms with Crippen molar-refractivity contribution in [3.05, 3.63) is 40.6 Å². The van der Waals surface area contributed by atoms with Crippen molar-refractivity contribution in [1.82, 2.24) is 15.0 Å². The van der Waals surface area contributed by atoms with E-state index >= 15 is 0 Å². The molecule has 0 saturated heterocycles. The zero-order chi connectivity index (χ0) is 12.1. The number of nitrogens with zero attached hydrogens (tertiary/aromatic N) is 4. The van der Waals surface area contributed by atoms with Gasteiger partial charge in [0.1, 0.15) is 0 Å². The van der Waals surface area contributed by atoms with Crippen molar-refractivity contribution in [2.45, 2.75) is 6.54 Å². The summed E-state index contributed by atoms with van der Waals surface area (Å²) < 4.78 is 2.63. The van der Waals surface area contributed by atoms with E-state index in [0.717, 1.165) is 23.2 Å². The molecule has 0 aliphatic carbocycles. The van der Waals surface area contributed by atoms with E-state index in [0.29, 0.717) is 5.56 Å². The minimum Gasteiger partial charge on any atom is -0.383 e. The molecule has 0 amide bonds. The number of rotatable bonds is 4. The van der Waals surface area contributed by atoms with Crippen LogP contribution in [0.25, 0.3) is 0 Å². The Kier molecular flexibility index (Phi) is 3.73. The maximum absolute atomic E-state index is 8.84. The van der Waals surface area contributed by atoms with Gasteiger partial charge in [0.15, 0.2) is 0 Å². The summed E-state index contributed by atoms with van der Waals surface area (Å²) in [6.45, 7) is 1.46. The highest BCUT2D eigenvalue weighted by Gasteiger charge is 1.98. The number of nitrogens with one attached hydrogen (secondary N) is 1. The van der Waals surface area contributed by atoms with Crippen molar-refractivity contribution in [1.29, 1.82) is 5.26 Å². The van der Waals surface area contributed by atoms with Gasteiger partial charge in [-0.3, -0.25) is 4.68 Å². The quantitative estimate of drug-likeness (QED) is 0.936. The Hall–Kier alpha value is -1.87. The molecule has 2 rings (SSSR count). The predicted molar refractivity (Wildman–Crippen MR) is 67.4 cm³/mol. The van der Waals surface area contributed by atoms with Gasteiger partial charge in [-0.15, -0.1) is 5.10 Å². The number of hydrogen-bond acceptors (Lipinski definition) is 4. The summed E-state index contributed by atoms with van der Waals surface area (Å²) >= 11 is 3.37. The van der Waals surface area contributed by atoms with E-state index < -0.39 is 0 Å². The van der Waals surface area contributed by atoms with Gasteiger partial charge in [0.25, 0.3) is 0 Å². The SMILES string of the molecule is N#Cc1cc(Br)cc(NCCn2ccnn2)c1. The van der Waals surface area contributed by atoms with Crippen molar-refractivity contribution >= 4 is 21.6 Å². The average Bonchev–Trinajstić information content (AvgIpc) is 2.81. The van der Waals surface area contributed by atoms with Gasteiger partial charge in [-0.2, -0.15) is 5.26 Å². The molecule has 1 aromatic carbocycles. The van der Waals surface area contributed by atoms with Gasteiger partial charge in [0.2, 0.25) is 0 Å². The van der Waals surface area contributed by atoms with Crippen LogP contribution in [0.5, 0.6) is 0 Å². The van der Waals surface area contributed by atoms with E-state index in [1.807, 2.05) is 18.3 Å². The first-order valence-electron chi connectivity index (χ1n) is 5.06. The zero-order valence-corrected chi connectivity index (χ0v) is 10.6. The lowest BCUT2D eigenvalue weighted by Gasteiger charge is -2.07. The van der Waals surface area contributed by atoms with Crippen LogP contribution in [0.3, 0.4) is 0 Å². The van der Waals surface area contributed by atoms with Crippen LogP contribution in [0, 0.1) is 11.3 Å². The Labute approximate surface area is 107 Å². The number of benzene rings is 1. The molecule has 0 fully saturated rings. The third-order valence-electron chi connectivity index (χ3n) is 2.17. The Morgan fingerprint density at radius 1 is 1.41 bits per heavy atom. The number of nitriles is 1. The predicted octanol–water partition coefficient (Wildman–Crippen LogP) is 2.02. The molecule has 1 heterocycles. The molecule has 0 unspecified atom stereocenters. The van der Waals surface area contributed by atoms with Crippen LogP contribution in [0.1, 0.15) is 5.56 Å². The average molecular weight is 292 g/mol. The number of halogens is 1. The van der Waals surface area contributed by atoms with Crippen LogP contribution in [0.2, 0.25) is 0 Å². The minimum atomic E-state index is 0.627. The molecule has 0 radical (unpaired) electrons. The second-order valence-electron chi connectivity index (χ2n) is 3.43. The monoisotopic (exact) mass is 291 g/mol. The molecule has 1 N–H and O–H groups in total. The Bertz CT molecular complexity index is 529. The normalized spacial score (nSPS) is 9.88. The largest absolute Gasteiger partial charge is 0.383 e. The molecule has 6 heteroatoms. The van der Waals surface area contributed by atoms with Crippen molar-refractivity contribution in [3.8, 4) is 6.07 Å². The summed E-state index contributed by atoms with van der Waals surface area (Å²) in [7, 11) is 0. The van der Waals surface area contributed by atoms with E-state index in [1.54, 1.807) is 16.9 Å².